The molecule has 0 saturated heterocycles. The molecule has 0 radical (unpaired) electrons. The second-order valence-electron chi connectivity index (χ2n) is 6.12. The maximum Gasteiger partial charge on any atom is 0.328 e. The summed E-state index contributed by atoms with van der Waals surface area (Å²) in [6, 6.07) is 16.4. The first kappa shape index (κ1) is 15.0. The summed E-state index contributed by atoms with van der Waals surface area (Å²) in [4.78, 5) is 10.5. The van der Waals surface area contributed by atoms with E-state index in [2.05, 4.69) is 45.0 Å². The number of hydrogen-bond acceptors (Lipinski definition) is 1. The van der Waals surface area contributed by atoms with Crippen molar-refractivity contribution in [3.05, 3.63) is 65.7 Å². The van der Waals surface area contributed by atoms with Crippen LogP contribution in [0.25, 0.3) is 17.2 Å². The Morgan fingerprint density at radius 2 is 1.67 bits per heavy atom. The average molecular weight is 280 g/mol. The Morgan fingerprint density at radius 3 is 2.24 bits per heavy atom. The number of rotatable bonds is 3. The predicted octanol–water partition coefficient (Wildman–Crippen LogP) is 4.75. The molecule has 0 fully saturated rings. The predicted molar refractivity (Wildman–Crippen MR) is 87.2 cm³/mol. The van der Waals surface area contributed by atoms with Crippen LogP contribution in [0.4, 0.5) is 0 Å². The van der Waals surface area contributed by atoms with E-state index in [1.807, 2.05) is 24.3 Å². The van der Waals surface area contributed by atoms with Gasteiger partial charge in [-0.05, 0) is 33.7 Å². The summed E-state index contributed by atoms with van der Waals surface area (Å²) in [5.74, 6) is -0.933. The maximum absolute atomic E-state index is 10.5. The van der Waals surface area contributed by atoms with E-state index in [1.54, 1.807) is 6.08 Å². The lowest BCUT2D eigenvalue weighted by Gasteiger charge is -2.19. The van der Waals surface area contributed by atoms with E-state index >= 15 is 0 Å². The molecule has 0 aliphatic rings. The molecule has 2 heteroatoms. The van der Waals surface area contributed by atoms with Gasteiger partial charge in [0.1, 0.15) is 0 Å². The molecule has 2 rings (SSSR count). The van der Waals surface area contributed by atoms with Crippen LogP contribution in [0.15, 0.2) is 54.6 Å². The summed E-state index contributed by atoms with van der Waals surface area (Å²) < 4.78 is 0. The Bertz CT molecular complexity index is 659. The second-order valence-corrected chi connectivity index (χ2v) is 6.12. The number of aliphatic carboxylic acids is 1. The average Bonchev–Trinajstić information content (AvgIpc) is 2.45. The number of benzene rings is 2. The van der Waals surface area contributed by atoms with Gasteiger partial charge in [-0.25, -0.2) is 4.79 Å². The van der Waals surface area contributed by atoms with Gasteiger partial charge in [0.15, 0.2) is 0 Å². The lowest BCUT2D eigenvalue weighted by atomic mass is 9.85. The van der Waals surface area contributed by atoms with Crippen LogP contribution in [-0.4, -0.2) is 11.1 Å². The highest BCUT2D eigenvalue weighted by Gasteiger charge is 2.13. The first-order valence-corrected chi connectivity index (χ1v) is 6.98. The monoisotopic (exact) mass is 280 g/mol. The Balaban J connectivity index is 2.29. The van der Waals surface area contributed by atoms with Gasteiger partial charge in [0.2, 0.25) is 0 Å². The van der Waals surface area contributed by atoms with E-state index in [9.17, 15) is 4.79 Å². The Morgan fingerprint density at radius 1 is 1.00 bits per heavy atom. The summed E-state index contributed by atoms with van der Waals surface area (Å²) in [7, 11) is 0. The quantitative estimate of drug-likeness (QED) is 0.824. The number of carbonyl (C=O) groups is 1. The molecule has 0 aliphatic heterocycles. The van der Waals surface area contributed by atoms with E-state index in [0.29, 0.717) is 0 Å². The highest BCUT2D eigenvalue weighted by Crippen LogP contribution is 2.27. The van der Waals surface area contributed by atoms with E-state index < -0.39 is 5.97 Å². The van der Waals surface area contributed by atoms with Crippen molar-refractivity contribution in [1.29, 1.82) is 0 Å². The molecule has 0 bridgehead atoms. The molecule has 0 saturated carbocycles. The third-order valence-electron chi connectivity index (χ3n) is 3.39. The van der Waals surface area contributed by atoms with Crippen LogP contribution < -0.4 is 0 Å². The molecule has 108 valence electrons. The summed E-state index contributed by atoms with van der Waals surface area (Å²) >= 11 is 0. The van der Waals surface area contributed by atoms with Crippen molar-refractivity contribution in [2.24, 2.45) is 0 Å². The minimum Gasteiger partial charge on any atom is -0.478 e. The number of carboxylic acids is 1. The van der Waals surface area contributed by atoms with Crippen molar-refractivity contribution in [3.63, 3.8) is 0 Å². The molecule has 0 heterocycles. The van der Waals surface area contributed by atoms with Crippen molar-refractivity contribution in [2.45, 2.75) is 26.2 Å². The molecule has 0 spiro atoms. The summed E-state index contributed by atoms with van der Waals surface area (Å²) in [6.07, 6.45) is 2.74. The first-order chi connectivity index (χ1) is 9.86. The van der Waals surface area contributed by atoms with E-state index in [1.165, 1.54) is 11.1 Å². The zero-order valence-electron chi connectivity index (χ0n) is 12.6. The third-order valence-corrected chi connectivity index (χ3v) is 3.39. The molecule has 0 aliphatic carbocycles. The molecule has 0 atom stereocenters. The van der Waals surface area contributed by atoms with E-state index in [0.717, 1.165) is 17.2 Å². The number of carboxylic acid groups (broad SMARTS) is 1. The highest BCUT2D eigenvalue weighted by molar-refractivity contribution is 5.85. The van der Waals surface area contributed by atoms with E-state index in [4.69, 9.17) is 5.11 Å². The Labute approximate surface area is 125 Å². The molecule has 0 unspecified atom stereocenters. The normalized spacial score (nSPS) is 11.8. The van der Waals surface area contributed by atoms with Crippen LogP contribution in [-0.2, 0) is 10.2 Å². The smallest absolute Gasteiger partial charge is 0.328 e. The van der Waals surface area contributed by atoms with Crippen LogP contribution >= 0.6 is 0 Å². The van der Waals surface area contributed by atoms with Gasteiger partial charge in [-0.15, -0.1) is 0 Å². The molecule has 0 amide bonds. The van der Waals surface area contributed by atoms with Crippen LogP contribution in [0.5, 0.6) is 0 Å². The van der Waals surface area contributed by atoms with Crippen molar-refractivity contribution in [3.8, 4) is 11.1 Å². The topological polar surface area (TPSA) is 37.3 Å². The summed E-state index contributed by atoms with van der Waals surface area (Å²) in [5, 5.41) is 8.63. The lowest BCUT2D eigenvalue weighted by Crippen LogP contribution is -2.10. The standard InChI is InChI=1S/C19H20O2/c1-19(2,3)17-6-4-5-16(13-17)15-10-7-14(8-11-15)9-12-18(20)21/h4-13H,1-3H3,(H,20,21)/b12-9+. The minimum atomic E-state index is -0.933. The third kappa shape index (κ3) is 4.06. The van der Waals surface area contributed by atoms with Crippen LogP contribution in [0.3, 0.4) is 0 Å². The Hall–Kier alpha value is -2.35. The fourth-order valence-electron chi connectivity index (χ4n) is 2.12. The van der Waals surface area contributed by atoms with Gasteiger partial charge in [0.25, 0.3) is 0 Å². The fraction of sp³-hybridized carbons (Fsp3) is 0.211. The van der Waals surface area contributed by atoms with Crippen molar-refractivity contribution in [2.75, 3.05) is 0 Å². The fourth-order valence-corrected chi connectivity index (χ4v) is 2.12. The molecule has 0 aromatic heterocycles. The molecule has 21 heavy (non-hydrogen) atoms. The molecular formula is C19H20O2. The van der Waals surface area contributed by atoms with Crippen LogP contribution in [0, 0.1) is 0 Å². The zero-order chi connectivity index (χ0) is 15.5. The van der Waals surface area contributed by atoms with Gasteiger partial charge in [0.05, 0.1) is 0 Å². The highest BCUT2D eigenvalue weighted by atomic mass is 16.4. The van der Waals surface area contributed by atoms with E-state index in [-0.39, 0.29) is 5.41 Å². The maximum atomic E-state index is 10.5. The van der Waals surface area contributed by atoms with Gasteiger partial charge in [-0.2, -0.15) is 0 Å². The SMILES string of the molecule is CC(C)(C)c1cccc(-c2ccc(/C=C/C(=O)O)cc2)c1. The first-order valence-electron chi connectivity index (χ1n) is 6.98. The van der Waals surface area contributed by atoms with Crippen molar-refractivity contribution >= 4 is 12.0 Å². The molecule has 1 N–H and O–H groups in total. The van der Waals surface area contributed by atoms with Crippen LogP contribution in [0.1, 0.15) is 31.9 Å². The van der Waals surface area contributed by atoms with Gasteiger partial charge < -0.3 is 5.11 Å². The van der Waals surface area contributed by atoms with Crippen molar-refractivity contribution in [1.82, 2.24) is 0 Å². The molecular weight excluding hydrogens is 260 g/mol. The van der Waals surface area contributed by atoms with Crippen molar-refractivity contribution < 1.29 is 9.90 Å². The molecule has 2 nitrogen and oxygen atoms in total. The largest absolute Gasteiger partial charge is 0.478 e. The zero-order valence-corrected chi connectivity index (χ0v) is 12.6. The lowest BCUT2D eigenvalue weighted by molar-refractivity contribution is -0.131. The Kier molecular flexibility index (Phi) is 4.27. The van der Waals surface area contributed by atoms with Crippen LogP contribution in [0.2, 0.25) is 0 Å². The summed E-state index contributed by atoms with van der Waals surface area (Å²) in [6.45, 7) is 6.60. The summed E-state index contributed by atoms with van der Waals surface area (Å²) in [5.41, 5.74) is 4.62. The molecule has 2 aromatic rings. The molecule has 2 aromatic carbocycles. The second kappa shape index (κ2) is 5.96. The van der Waals surface area contributed by atoms with Gasteiger partial charge >= 0.3 is 5.97 Å². The van der Waals surface area contributed by atoms with Gasteiger partial charge in [-0.1, -0.05) is 69.3 Å². The van der Waals surface area contributed by atoms with Gasteiger partial charge in [-0.3, -0.25) is 0 Å². The van der Waals surface area contributed by atoms with Gasteiger partial charge in [0, 0.05) is 6.08 Å². The minimum absolute atomic E-state index is 0.125. The number of hydrogen-bond donors (Lipinski definition) is 1.